The topological polar surface area (TPSA) is 85.4 Å². The quantitative estimate of drug-likeness (QED) is 0.166. The number of rotatable bonds is 3. The molecule has 0 saturated heterocycles. The first-order chi connectivity index (χ1) is 3.77. The van der Waals surface area contributed by atoms with Crippen molar-refractivity contribution in [3.05, 3.63) is 10.1 Å². The normalized spacial score (nSPS) is 6.88. The van der Waals surface area contributed by atoms with Crippen molar-refractivity contribution >= 4 is 0 Å². The first-order valence-corrected chi connectivity index (χ1v) is 1.55. The molecule has 0 aliphatic carbocycles. The van der Waals surface area contributed by atoms with Gasteiger partial charge in [0.25, 0.3) is 11.3 Å². The summed E-state index contributed by atoms with van der Waals surface area (Å²) in [5.74, 6) is 0. The Morgan fingerprint density at radius 3 is 2.88 bits per heavy atom. The zero-order valence-corrected chi connectivity index (χ0v) is 3.73. The maximum Gasteiger partial charge on any atom is 0.297 e. The zero-order valence-electron chi connectivity index (χ0n) is 3.73. The highest BCUT2D eigenvalue weighted by molar-refractivity contribution is 4.40. The van der Waals surface area contributed by atoms with Crippen LogP contribution in [0.2, 0.25) is 0 Å². The van der Waals surface area contributed by atoms with Crippen molar-refractivity contribution in [2.45, 2.75) is 0 Å². The standard InChI is InChI=1S/C2H2N2O4/c3-1-7-2-8-4(5)6/h2H2. The second kappa shape index (κ2) is 3.67. The van der Waals surface area contributed by atoms with E-state index in [4.69, 9.17) is 5.26 Å². The van der Waals surface area contributed by atoms with E-state index in [-0.39, 0.29) is 0 Å². The van der Waals surface area contributed by atoms with Gasteiger partial charge in [0.15, 0.2) is 0 Å². The number of hydrogen-bond acceptors (Lipinski definition) is 5. The molecule has 0 saturated carbocycles. The zero-order chi connectivity index (χ0) is 6.41. The van der Waals surface area contributed by atoms with Gasteiger partial charge in [0.05, 0.1) is 0 Å². The summed E-state index contributed by atoms with van der Waals surface area (Å²) < 4.78 is 3.79. The second-order valence-corrected chi connectivity index (χ2v) is 0.706. The predicted octanol–water partition coefficient (Wildman–Crippen LogP) is -0.350. The molecule has 0 atom stereocenters. The molecular formula is C2H2N2O4. The minimum Gasteiger partial charge on any atom is -0.399 e. The molecule has 44 valence electrons. The van der Waals surface area contributed by atoms with E-state index in [2.05, 4.69) is 9.57 Å². The van der Waals surface area contributed by atoms with Gasteiger partial charge in [-0.3, -0.25) is 4.84 Å². The molecule has 8 heavy (non-hydrogen) atoms. The molecule has 0 aliphatic heterocycles. The van der Waals surface area contributed by atoms with Gasteiger partial charge in [0.1, 0.15) is 0 Å². The van der Waals surface area contributed by atoms with E-state index >= 15 is 0 Å². The molecule has 0 aromatic carbocycles. The van der Waals surface area contributed by atoms with Crippen LogP contribution in [0.15, 0.2) is 0 Å². The smallest absolute Gasteiger partial charge is 0.297 e. The third-order valence-electron chi connectivity index (χ3n) is 0.282. The molecule has 0 aromatic heterocycles. The van der Waals surface area contributed by atoms with Crippen LogP contribution in [0.3, 0.4) is 0 Å². The largest absolute Gasteiger partial charge is 0.399 e. The number of hydrogen-bond donors (Lipinski definition) is 0. The van der Waals surface area contributed by atoms with Gasteiger partial charge in [-0.05, 0) is 0 Å². The molecule has 0 amide bonds. The van der Waals surface area contributed by atoms with Crippen molar-refractivity contribution < 1.29 is 14.7 Å². The lowest BCUT2D eigenvalue weighted by molar-refractivity contribution is -0.766. The van der Waals surface area contributed by atoms with Crippen molar-refractivity contribution in [3.8, 4) is 6.26 Å². The van der Waals surface area contributed by atoms with E-state index < -0.39 is 11.9 Å². The Balaban J connectivity index is 2.97. The summed E-state index contributed by atoms with van der Waals surface area (Å²) in [7, 11) is 0. The molecule has 0 fully saturated rings. The number of nitriles is 1. The Morgan fingerprint density at radius 2 is 2.50 bits per heavy atom. The number of ether oxygens (including phenoxy) is 1. The van der Waals surface area contributed by atoms with E-state index in [0.717, 1.165) is 0 Å². The van der Waals surface area contributed by atoms with Crippen LogP contribution >= 0.6 is 0 Å². The van der Waals surface area contributed by atoms with Crippen LogP contribution in [0.4, 0.5) is 0 Å². The molecule has 0 heterocycles. The Kier molecular flexibility index (Phi) is 2.98. The van der Waals surface area contributed by atoms with Crippen molar-refractivity contribution in [2.24, 2.45) is 0 Å². The second-order valence-electron chi connectivity index (χ2n) is 0.706. The Labute approximate surface area is 44.3 Å². The summed E-state index contributed by atoms with van der Waals surface area (Å²) in [4.78, 5) is 12.8. The van der Waals surface area contributed by atoms with Crippen molar-refractivity contribution in [1.82, 2.24) is 0 Å². The molecule has 0 aliphatic rings. The fourth-order valence-electron chi connectivity index (χ4n) is 0.0957. The maximum atomic E-state index is 9.27. The molecule has 0 N–H and O–H groups in total. The third-order valence-corrected chi connectivity index (χ3v) is 0.282. The fourth-order valence-corrected chi connectivity index (χ4v) is 0.0957. The average Bonchev–Trinajstić information content (AvgIpc) is 1.66. The average molecular weight is 118 g/mol. The van der Waals surface area contributed by atoms with Crippen LogP contribution in [-0.2, 0) is 9.57 Å². The highest BCUT2D eigenvalue weighted by atomic mass is 17.0. The van der Waals surface area contributed by atoms with E-state index in [0.29, 0.717) is 0 Å². The predicted molar refractivity (Wildman–Crippen MR) is 19.6 cm³/mol. The van der Waals surface area contributed by atoms with Gasteiger partial charge in [-0.2, -0.15) is 5.26 Å². The van der Waals surface area contributed by atoms with E-state index in [9.17, 15) is 10.1 Å². The van der Waals surface area contributed by atoms with Crippen LogP contribution in [0.1, 0.15) is 0 Å². The van der Waals surface area contributed by atoms with Crippen LogP contribution in [-0.4, -0.2) is 11.9 Å². The lowest BCUT2D eigenvalue weighted by Gasteiger charge is -1.89. The molecule has 0 aromatic rings. The van der Waals surface area contributed by atoms with Crippen molar-refractivity contribution in [1.29, 1.82) is 5.26 Å². The summed E-state index contributed by atoms with van der Waals surface area (Å²) in [5.41, 5.74) is 0. The lowest BCUT2D eigenvalue weighted by Crippen LogP contribution is -2.02. The maximum absolute atomic E-state index is 9.27. The minimum absolute atomic E-state index is 0.635. The van der Waals surface area contributed by atoms with E-state index in [1.807, 2.05) is 0 Å². The van der Waals surface area contributed by atoms with E-state index in [1.54, 1.807) is 0 Å². The molecule has 6 heteroatoms. The van der Waals surface area contributed by atoms with Crippen LogP contribution in [0, 0.1) is 21.6 Å². The van der Waals surface area contributed by atoms with Gasteiger partial charge in [0, 0.05) is 0 Å². The van der Waals surface area contributed by atoms with Crippen molar-refractivity contribution in [2.75, 3.05) is 6.79 Å². The first kappa shape index (κ1) is 6.49. The number of nitrogens with zero attached hydrogens (tertiary/aromatic N) is 2. The summed E-state index contributed by atoms with van der Waals surface area (Å²) in [6, 6.07) is 0. The van der Waals surface area contributed by atoms with E-state index in [1.165, 1.54) is 6.26 Å². The SMILES string of the molecule is N#COCO[N+](=O)[O-]. The summed E-state index contributed by atoms with van der Waals surface area (Å²) in [6.07, 6.45) is 1.19. The van der Waals surface area contributed by atoms with Gasteiger partial charge in [-0.1, -0.05) is 0 Å². The highest BCUT2D eigenvalue weighted by Gasteiger charge is 1.90. The summed E-state index contributed by atoms with van der Waals surface area (Å²) in [5, 5.41) is 15.8. The Bertz CT molecular complexity index is 116. The van der Waals surface area contributed by atoms with Gasteiger partial charge >= 0.3 is 0 Å². The van der Waals surface area contributed by atoms with Gasteiger partial charge in [-0.15, -0.1) is 10.1 Å². The van der Waals surface area contributed by atoms with Crippen LogP contribution in [0.5, 0.6) is 0 Å². The molecule has 0 radical (unpaired) electrons. The molecule has 0 unspecified atom stereocenters. The highest BCUT2D eigenvalue weighted by Crippen LogP contribution is 1.73. The fraction of sp³-hybridized carbons (Fsp3) is 0.500. The van der Waals surface area contributed by atoms with Gasteiger partial charge in [-0.25, -0.2) is 0 Å². The molecule has 6 nitrogen and oxygen atoms in total. The monoisotopic (exact) mass is 118 g/mol. The van der Waals surface area contributed by atoms with Gasteiger partial charge < -0.3 is 4.74 Å². The van der Waals surface area contributed by atoms with Gasteiger partial charge in [0.2, 0.25) is 6.79 Å². The Hall–Kier alpha value is -1.51. The minimum atomic E-state index is -1.04. The van der Waals surface area contributed by atoms with Crippen LogP contribution in [0.25, 0.3) is 0 Å². The Morgan fingerprint density at radius 1 is 1.88 bits per heavy atom. The molecular weight excluding hydrogens is 116 g/mol. The third kappa shape index (κ3) is 4.49. The van der Waals surface area contributed by atoms with Crippen LogP contribution < -0.4 is 0 Å². The van der Waals surface area contributed by atoms with Crippen molar-refractivity contribution in [3.63, 3.8) is 0 Å². The molecule has 0 spiro atoms. The first-order valence-electron chi connectivity index (χ1n) is 1.55. The summed E-state index contributed by atoms with van der Waals surface area (Å²) >= 11 is 0. The summed E-state index contributed by atoms with van der Waals surface area (Å²) in [6.45, 7) is -0.635. The lowest BCUT2D eigenvalue weighted by atomic mass is 11.4. The molecule has 0 rings (SSSR count). The molecule has 0 bridgehead atoms.